The van der Waals surface area contributed by atoms with E-state index >= 15 is 0 Å². The van der Waals surface area contributed by atoms with E-state index in [1.807, 2.05) is 13.8 Å². The number of aliphatic hydroxyl groups is 1. The zero-order chi connectivity index (χ0) is 11.5. The summed E-state index contributed by atoms with van der Waals surface area (Å²) in [5, 5.41) is 13.3. The molecule has 1 fully saturated rings. The molecule has 1 unspecified atom stereocenters. The number of hydrogen-bond donors (Lipinski definition) is 1. The van der Waals surface area contributed by atoms with Gasteiger partial charge in [0.25, 0.3) is 0 Å². The first kappa shape index (κ1) is 11.6. The van der Waals surface area contributed by atoms with Gasteiger partial charge in [0.15, 0.2) is 0 Å². The van der Waals surface area contributed by atoms with Crippen molar-refractivity contribution in [3.63, 3.8) is 0 Å². The molecule has 2 heterocycles. The summed E-state index contributed by atoms with van der Waals surface area (Å²) in [6.45, 7) is 6.10. The lowest BCUT2D eigenvalue weighted by atomic mass is 10.0. The average Bonchev–Trinajstić information content (AvgIpc) is 2.61. The number of aliphatic hydroxyl groups excluding tert-OH is 1. The topological polar surface area (TPSA) is 49.5 Å². The highest BCUT2D eigenvalue weighted by atomic mass is 16.5. The summed E-state index contributed by atoms with van der Waals surface area (Å²) in [4.78, 5) is 2.34. The summed E-state index contributed by atoms with van der Waals surface area (Å²) < 4.78 is 5.17. The molecule has 1 saturated heterocycles. The van der Waals surface area contributed by atoms with Crippen molar-refractivity contribution >= 4 is 0 Å². The van der Waals surface area contributed by atoms with Crippen LogP contribution in [-0.2, 0) is 6.54 Å². The molecule has 1 N–H and O–H groups in total. The molecule has 4 heteroatoms. The number of aryl methyl sites for hydroxylation is 2. The van der Waals surface area contributed by atoms with Crippen molar-refractivity contribution in [3.8, 4) is 0 Å². The second-order valence-electron chi connectivity index (χ2n) is 4.61. The number of aromatic nitrogens is 1. The van der Waals surface area contributed by atoms with Crippen molar-refractivity contribution in [2.24, 2.45) is 0 Å². The Morgan fingerprint density at radius 3 is 2.88 bits per heavy atom. The monoisotopic (exact) mass is 224 g/mol. The lowest BCUT2D eigenvalue weighted by molar-refractivity contribution is 0.0836. The van der Waals surface area contributed by atoms with E-state index in [0.717, 1.165) is 31.0 Å². The molecule has 0 aliphatic carbocycles. The Hall–Kier alpha value is -0.870. The van der Waals surface area contributed by atoms with Gasteiger partial charge in [0, 0.05) is 18.2 Å². The quantitative estimate of drug-likeness (QED) is 0.848. The van der Waals surface area contributed by atoms with E-state index in [9.17, 15) is 5.11 Å². The van der Waals surface area contributed by atoms with Crippen molar-refractivity contribution in [2.75, 3.05) is 13.2 Å². The number of piperidine rings is 1. The molecule has 1 aromatic rings. The lowest BCUT2D eigenvalue weighted by Crippen LogP contribution is -2.41. The second kappa shape index (κ2) is 4.97. The second-order valence-corrected chi connectivity index (χ2v) is 4.61. The molecule has 1 aliphatic rings. The van der Waals surface area contributed by atoms with Crippen molar-refractivity contribution < 1.29 is 9.63 Å². The average molecular weight is 224 g/mol. The van der Waals surface area contributed by atoms with Crippen molar-refractivity contribution in [1.29, 1.82) is 0 Å². The van der Waals surface area contributed by atoms with Gasteiger partial charge in [-0.1, -0.05) is 11.6 Å². The highest BCUT2D eigenvalue weighted by Crippen LogP contribution is 2.22. The third-order valence-electron chi connectivity index (χ3n) is 3.50. The molecule has 0 radical (unpaired) electrons. The lowest BCUT2D eigenvalue weighted by Gasteiger charge is -2.34. The maximum atomic E-state index is 9.35. The number of nitrogens with zero attached hydrogens (tertiary/aromatic N) is 2. The van der Waals surface area contributed by atoms with Crippen LogP contribution in [0.15, 0.2) is 4.52 Å². The van der Waals surface area contributed by atoms with E-state index in [4.69, 9.17) is 4.52 Å². The van der Waals surface area contributed by atoms with Crippen molar-refractivity contribution in [1.82, 2.24) is 10.1 Å². The standard InChI is InChI=1S/C12H20N2O2/c1-9-12(10(2)16-13-9)7-14-6-4-3-5-11(14)8-15/h11,15H,3-8H2,1-2H3. The van der Waals surface area contributed by atoms with Crippen LogP contribution in [0.3, 0.4) is 0 Å². The molecular weight excluding hydrogens is 204 g/mol. The molecule has 0 saturated carbocycles. The number of likely N-dealkylation sites (tertiary alicyclic amines) is 1. The molecule has 1 aliphatic heterocycles. The van der Waals surface area contributed by atoms with Crippen LogP contribution in [0, 0.1) is 13.8 Å². The van der Waals surface area contributed by atoms with Crippen LogP contribution in [0.5, 0.6) is 0 Å². The number of hydrogen-bond acceptors (Lipinski definition) is 4. The minimum atomic E-state index is 0.253. The predicted octanol–water partition coefficient (Wildman–Crippen LogP) is 1.64. The van der Waals surface area contributed by atoms with E-state index in [2.05, 4.69) is 10.1 Å². The Morgan fingerprint density at radius 2 is 2.25 bits per heavy atom. The zero-order valence-electron chi connectivity index (χ0n) is 10.1. The van der Waals surface area contributed by atoms with Gasteiger partial charge in [-0.25, -0.2) is 0 Å². The largest absolute Gasteiger partial charge is 0.395 e. The van der Waals surface area contributed by atoms with Crippen LogP contribution in [-0.4, -0.2) is 34.4 Å². The van der Waals surface area contributed by atoms with Gasteiger partial charge in [-0.05, 0) is 33.2 Å². The van der Waals surface area contributed by atoms with Gasteiger partial charge < -0.3 is 9.63 Å². The summed E-state index contributed by atoms with van der Waals surface area (Å²) in [5.74, 6) is 0.903. The third-order valence-corrected chi connectivity index (χ3v) is 3.50. The molecule has 4 nitrogen and oxygen atoms in total. The fraction of sp³-hybridized carbons (Fsp3) is 0.750. The highest BCUT2D eigenvalue weighted by molar-refractivity contribution is 5.20. The van der Waals surface area contributed by atoms with Crippen LogP contribution in [0.4, 0.5) is 0 Å². The Kier molecular flexibility index (Phi) is 3.61. The van der Waals surface area contributed by atoms with Crippen molar-refractivity contribution in [2.45, 2.75) is 45.7 Å². The summed E-state index contributed by atoms with van der Waals surface area (Å²) in [6.07, 6.45) is 3.54. The molecular formula is C12H20N2O2. The van der Waals surface area contributed by atoms with Gasteiger partial charge in [-0.15, -0.1) is 0 Å². The van der Waals surface area contributed by atoms with E-state index in [0.29, 0.717) is 6.04 Å². The summed E-state index contributed by atoms with van der Waals surface area (Å²) in [5.41, 5.74) is 2.15. The summed E-state index contributed by atoms with van der Waals surface area (Å²) in [6, 6.07) is 0.308. The molecule has 16 heavy (non-hydrogen) atoms. The maximum Gasteiger partial charge on any atom is 0.138 e. The Labute approximate surface area is 96.2 Å². The molecule has 0 amide bonds. The minimum Gasteiger partial charge on any atom is -0.395 e. The molecule has 0 spiro atoms. The third kappa shape index (κ3) is 2.28. The minimum absolute atomic E-state index is 0.253. The first-order chi connectivity index (χ1) is 7.72. The van der Waals surface area contributed by atoms with Crippen LogP contribution in [0.1, 0.15) is 36.3 Å². The highest BCUT2D eigenvalue weighted by Gasteiger charge is 2.23. The Balaban J connectivity index is 2.07. The van der Waals surface area contributed by atoms with Crippen LogP contribution < -0.4 is 0 Å². The Bertz CT molecular complexity index is 329. The smallest absolute Gasteiger partial charge is 0.138 e. The van der Waals surface area contributed by atoms with E-state index in [1.54, 1.807) is 0 Å². The molecule has 0 aromatic carbocycles. The van der Waals surface area contributed by atoms with Gasteiger partial charge in [0.05, 0.1) is 12.3 Å². The van der Waals surface area contributed by atoms with E-state index in [-0.39, 0.29) is 6.61 Å². The molecule has 2 rings (SSSR count). The van der Waals surface area contributed by atoms with Crippen LogP contribution >= 0.6 is 0 Å². The Morgan fingerprint density at radius 1 is 1.44 bits per heavy atom. The molecule has 1 aromatic heterocycles. The van der Waals surface area contributed by atoms with Crippen LogP contribution in [0.2, 0.25) is 0 Å². The van der Waals surface area contributed by atoms with Gasteiger partial charge in [0.2, 0.25) is 0 Å². The van der Waals surface area contributed by atoms with Gasteiger partial charge >= 0.3 is 0 Å². The van der Waals surface area contributed by atoms with E-state index in [1.165, 1.54) is 18.4 Å². The fourth-order valence-corrected chi connectivity index (χ4v) is 2.41. The maximum absolute atomic E-state index is 9.35. The van der Waals surface area contributed by atoms with Crippen LogP contribution in [0.25, 0.3) is 0 Å². The number of rotatable bonds is 3. The molecule has 1 atom stereocenters. The fourth-order valence-electron chi connectivity index (χ4n) is 2.41. The summed E-state index contributed by atoms with van der Waals surface area (Å²) >= 11 is 0. The van der Waals surface area contributed by atoms with Gasteiger partial charge in [-0.2, -0.15) is 0 Å². The van der Waals surface area contributed by atoms with Gasteiger partial charge in [-0.3, -0.25) is 4.90 Å². The SMILES string of the molecule is Cc1noc(C)c1CN1CCCCC1CO. The first-order valence-electron chi connectivity index (χ1n) is 5.99. The molecule has 90 valence electrons. The normalized spacial score (nSPS) is 22.6. The zero-order valence-corrected chi connectivity index (χ0v) is 10.1. The predicted molar refractivity (Wildman–Crippen MR) is 61.1 cm³/mol. The van der Waals surface area contributed by atoms with Crippen molar-refractivity contribution in [3.05, 3.63) is 17.0 Å². The first-order valence-corrected chi connectivity index (χ1v) is 5.99. The summed E-state index contributed by atoms with van der Waals surface area (Å²) in [7, 11) is 0. The molecule has 0 bridgehead atoms. The van der Waals surface area contributed by atoms with E-state index < -0.39 is 0 Å². The van der Waals surface area contributed by atoms with Gasteiger partial charge in [0.1, 0.15) is 5.76 Å².